The van der Waals surface area contributed by atoms with Crippen LogP contribution < -0.4 is 0 Å². The van der Waals surface area contributed by atoms with Gasteiger partial charge in [-0.2, -0.15) is 0 Å². The minimum Gasteiger partial charge on any atom is -0.250 e. The smallest absolute Gasteiger partial charge is 0.0997 e. The zero-order chi connectivity index (χ0) is 9.68. The standard InChI is InChI=1S/C11H14FS/c1-3-13-11-6-4-5-10(7-11)9(2)8-12/h4-7H,3,8H2,1-2H3. The van der Waals surface area contributed by atoms with Crippen molar-refractivity contribution >= 4 is 11.8 Å². The van der Waals surface area contributed by atoms with Crippen LogP contribution in [0, 0.1) is 5.92 Å². The van der Waals surface area contributed by atoms with Gasteiger partial charge in [0.1, 0.15) is 0 Å². The second-order valence-electron chi connectivity index (χ2n) is 2.87. The van der Waals surface area contributed by atoms with Crippen LogP contribution in [0.2, 0.25) is 0 Å². The number of thioether (sulfide) groups is 1. The molecule has 1 aromatic carbocycles. The van der Waals surface area contributed by atoms with Crippen LogP contribution in [0.15, 0.2) is 29.2 Å². The van der Waals surface area contributed by atoms with Crippen molar-refractivity contribution in [3.8, 4) is 0 Å². The Hall–Kier alpha value is -0.500. The molecular weight excluding hydrogens is 183 g/mol. The van der Waals surface area contributed by atoms with Gasteiger partial charge < -0.3 is 0 Å². The topological polar surface area (TPSA) is 0 Å². The first kappa shape index (κ1) is 10.6. The summed E-state index contributed by atoms with van der Waals surface area (Å²) in [6, 6.07) is 8.04. The largest absolute Gasteiger partial charge is 0.250 e. The van der Waals surface area contributed by atoms with Crippen LogP contribution in [-0.4, -0.2) is 12.4 Å². The molecule has 0 spiro atoms. The molecule has 0 atom stereocenters. The molecule has 0 amide bonds. The number of hydrogen-bond acceptors (Lipinski definition) is 1. The second-order valence-corrected chi connectivity index (χ2v) is 4.21. The quantitative estimate of drug-likeness (QED) is 0.663. The minimum absolute atomic E-state index is 0.361. The lowest BCUT2D eigenvalue weighted by Crippen LogP contribution is -1.96. The molecular formula is C11H14FS. The van der Waals surface area contributed by atoms with Gasteiger partial charge in [-0.15, -0.1) is 11.8 Å². The van der Waals surface area contributed by atoms with E-state index in [1.807, 2.05) is 25.1 Å². The summed E-state index contributed by atoms with van der Waals surface area (Å²) in [4.78, 5) is 1.22. The summed E-state index contributed by atoms with van der Waals surface area (Å²) in [5.41, 5.74) is 1.01. The van der Waals surface area contributed by atoms with Crippen molar-refractivity contribution in [2.75, 3.05) is 12.4 Å². The third-order valence-electron chi connectivity index (χ3n) is 1.84. The third kappa shape index (κ3) is 3.03. The van der Waals surface area contributed by atoms with Gasteiger partial charge >= 0.3 is 0 Å². The van der Waals surface area contributed by atoms with E-state index in [-0.39, 0.29) is 6.67 Å². The molecule has 0 fully saturated rings. The molecule has 13 heavy (non-hydrogen) atoms. The van der Waals surface area contributed by atoms with Crippen LogP contribution in [0.5, 0.6) is 0 Å². The Morgan fingerprint density at radius 3 is 2.85 bits per heavy atom. The molecule has 1 aromatic rings. The minimum atomic E-state index is -0.361. The van der Waals surface area contributed by atoms with Crippen molar-refractivity contribution in [2.45, 2.75) is 18.7 Å². The van der Waals surface area contributed by atoms with E-state index in [0.29, 0.717) is 0 Å². The summed E-state index contributed by atoms with van der Waals surface area (Å²) in [6.45, 7) is 3.58. The molecule has 0 heterocycles. The first-order chi connectivity index (χ1) is 6.27. The van der Waals surface area contributed by atoms with Crippen LogP contribution >= 0.6 is 11.8 Å². The first-order valence-corrected chi connectivity index (χ1v) is 5.38. The van der Waals surface area contributed by atoms with Gasteiger partial charge in [-0.05, 0) is 23.4 Å². The lowest BCUT2D eigenvalue weighted by molar-refractivity contribution is 0.516. The molecule has 0 nitrogen and oxygen atoms in total. The molecule has 71 valence electrons. The maximum absolute atomic E-state index is 12.3. The molecule has 0 aliphatic heterocycles. The van der Waals surface area contributed by atoms with E-state index in [0.717, 1.165) is 17.2 Å². The molecule has 0 saturated carbocycles. The molecule has 0 unspecified atom stereocenters. The Morgan fingerprint density at radius 1 is 1.46 bits per heavy atom. The Balaban J connectivity index is 2.78. The maximum atomic E-state index is 12.3. The number of halogens is 1. The second kappa shape index (κ2) is 5.28. The van der Waals surface area contributed by atoms with Crippen molar-refractivity contribution in [1.29, 1.82) is 0 Å². The van der Waals surface area contributed by atoms with E-state index in [1.165, 1.54) is 4.90 Å². The fraction of sp³-hybridized carbons (Fsp3) is 0.364. The zero-order valence-corrected chi connectivity index (χ0v) is 8.83. The van der Waals surface area contributed by atoms with Crippen LogP contribution in [0.25, 0.3) is 0 Å². The van der Waals surface area contributed by atoms with Gasteiger partial charge in [-0.1, -0.05) is 26.0 Å². The van der Waals surface area contributed by atoms with Gasteiger partial charge in [-0.3, -0.25) is 4.39 Å². The van der Waals surface area contributed by atoms with Crippen molar-refractivity contribution < 1.29 is 4.39 Å². The highest BCUT2D eigenvalue weighted by Gasteiger charge is 2.05. The Morgan fingerprint density at radius 2 is 2.23 bits per heavy atom. The van der Waals surface area contributed by atoms with Crippen LogP contribution in [-0.2, 0) is 0 Å². The Kier molecular flexibility index (Phi) is 4.29. The van der Waals surface area contributed by atoms with E-state index in [2.05, 4.69) is 13.0 Å². The summed E-state index contributed by atoms with van der Waals surface area (Å²) in [6.07, 6.45) is 0. The Labute approximate surface area is 83.5 Å². The van der Waals surface area contributed by atoms with Gasteiger partial charge in [-0.25, -0.2) is 0 Å². The fourth-order valence-corrected chi connectivity index (χ4v) is 1.81. The SMILES string of the molecule is CCSc1cccc([C](C)CF)c1. The highest BCUT2D eigenvalue weighted by Crippen LogP contribution is 2.22. The normalized spacial score (nSPS) is 10.8. The molecule has 0 aliphatic carbocycles. The van der Waals surface area contributed by atoms with E-state index in [9.17, 15) is 4.39 Å². The molecule has 0 aromatic heterocycles. The molecule has 1 radical (unpaired) electrons. The van der Waals surface area contributed by atoms with Gasteiger partial charge in [0.05, 0.1) is 6.67 Å². The molecule has 0 aliphatic rings. The van der Waals surface area contributed by atoms with E-state index >= 15 is 0 Å². The van der Waals surface area contributed by atoms with Crippen molar-refractivity contribution in [3.05, 3.63) is 35.7 Å². The zero-order valence-electron chi connectivity index (χ0n) is 8.01. The average Bonchev–Trinajstić information content (AvgIpc) is 2.18. The maximum Gasteiger partial charge on any atom is 0.0997 e. The molecule has 1 rings (SSSR count). The summed E-state index contributed by atoms with van der Waals surface area (Å²) in [7, 11) is 0. The molecule has 0 saturated heterocycles. The highest BCUT2D eigenvalue weighted by molar-refractivity contribution is 7.99. The van der Waals surface area contributed by atoms with Gasteiger partial charge in [0.25, 0.3) is 0 Å². The molecule has 0 N–H and O–H groups in total. The van der Waals surface area contributed by atoms with E-state index in [4.69, 9.17) is 0 Å². The van der Waals surface area contributed by atoms with Crippen molar-refractivity contribution in [1.82, 2.24) is 0 Å². The Bertz CT molecular complexity index is 260. The fourth-order valence-electron chi connectivity index (χ4n) is 1.10. The highest BCUT2D eigenvalue weighted by atomic mass is 32.2. The lowest BCUT2D eigenvalue weighted by atomic mass is 10.0. The predicted molar refractivity (Wildman–Crippen MR) is 56.8 cm³/mol. The van der Waals surface area contributed by atoms with Gasteiger partial charge in [0, 0.05) is 10.8 Å². The number of alkyl halides is 1. The van der Waals surface area contributed by atoms with Crippen molar-refractivity contribution in [2.24, 2.45) is 0 Å². The van der Waals surface area contributed by atoms with E-state index < -0.39 is 0 Å². The predicted octanol–water partition coefficient (Wildman–Crippen LogP) is 3.71. The van der Waals surface area contributed by atoms with Crippen LogP contribution in [0.3, 0.4) is 0 Å². The monoisotopic (exact) mass is 197 g/mol. The average molecular weight is 197 g/mol. The summed E-state index contributed by atoms with van der Waals surface area (Å²) in [5, 5.41) is 0. The number of hydrogen-bond donors (Lipinski definition) is 0. The summed E-state index contributed by atoms with van der Waals surface area (Å²) < 4.78 is 12.3. The number of rotatable bonds is 4. The summed E-state index contributed by atoms with van der Waals surface area (Å²) >= 11 is 1.78. The summed E-state index contributed by atoms with van der Waals surface area (Å²) in [5.74, 6) is 1.86. The number of benzene rings is 1. The van der Waals surface area contributed by atoms with E-state index in [1.54, 1.807) is 11.8 Å². The molecule has 2 heteroatoms. The van der Waals surface area contributed by atoms with Gasteiger partial charge in [0.2, 0.25) is 0 Å². The first-order valence-electron chi connectivity index (χ1n) is 4.39. The molecule has 0 bridgehead atoms. The van der Waals surface area contributed by atoms with Crippen LogP contribution in [0.1, 0.15) is 19.4 Å². The third-order valence-corrected chi connectivity index (χ3v) is 2.71. The van der Waals surface area contributed by atoms with Crippen molar-refractivity contribution in [3.63, 3.8) is 0 Å². The van der Waals surface area contributed by atoms with Gasteiger partial charge in [0.15, 0.2) is 0 Å². The van der Waals surface area contributed by atoms with Crippen LogP contribution in [0.4, 0.5) is 4.39 Å². The lowest BCUT2D eigenvalue weighted by Gasteiger charge is -2.07.